The SMILES string of the molecule is c1nc(CC2CCCCN2)[nH]c1C1CCCO1. The number of rotatable bonds is 3. The molecule has 3 rings (SSSR count). The summed E-state index contributed by atoms with van der Waals surface area (Å²) in [4.78, 5) is 7.91. The predicted molar refractivity (Wildman–Crippen MR) is 65.9 cm³/mol. The van der Waals surface area contributed by atoms with E-state index in [1.54, 1.807) is 0 Å². The number of aromatic amines is 1. The lowest BCUT2D eigenvalue weighted by Gasteiger charge is -2.22. The van der Waals surface area contributed by atoms with Crippen LogP contribution in [0.15, 0.2) is 6.20 Å². The maximum Gasteiger partial charge on any atom is 0.107 e. The molecule has 17 heavy (non-hydrogen) atoms. The van der Waals surface area contributed by atoms with Gasteiger partial charge in [-0.2, -0.15) is 0 Å². The molecule has 0 bridgehead atoms. The summed E-state index contributed by atoms with van der Waals surface area (Å²) in [6, 6.07) is 0.604. The molecule has 4 heteroatoms. The molecule has 0 spiro atoms. The average Bonchev–Trinajstić information content (AvgIpc) is 3.00. The molecule has 3 heterocycles. The van der Waals surface area contributed by atoms with E-state index in [1.165, 1.54) is 25.7 Å². The second-order valence-electron chi connectivity index (χ2n) is 5.14. The molecule has 4 nitrogen and oxygen atoms in total. The van der Waals surface area contributed by atoms with E-state index in [0.29, 0.717) is 6.04 Å². The summed E-state index contributed by atoms with van der Waals surface area (Å²) in [5, 5.41) is 3.56. The average molecular weight is 235 g/mol. The van der Waals surface area contributed by atoms with Crippen LogP contribution in [-0.2, 0) is 11.2 Å². The molecule has 1 aromatic heterocycles. The molecular weight excluding hydrogens is 214 g/mol. The Morgan fingerprint density at radius 3 is 3.06 bits per heavy atom. The van der Waals surface area contributed by atoms with Crippen LogP contribution in [0.1, 0.15) is 49.7 Å². The van der Waals surface area contributed by atoms with Gasteiger partial charge in [0.15, 0.2) is 0 Å². The Kier molecular flexibility index (Phi) is 3.43. The monoisotopic (exact) mass is 235 g/mol. The van der Waals surface area contributed by atoms with Gasteiger partial charge in [0.05, 0.1) is 18.0 Å². The normalized spacial score (nSPS) is 29.6. The van der Waals surface area contributed by atoms with Gasteiger partial charge in [-0.25, -0.2) is 4.98 Å². The standard InChI is InChI=1S/C13H21N3O/c1-2-6-14-10(4-1)8-13-15-9-11(16-13)12-5-3-7-17-12/h9-10,12,14H,1-8H2,(H,15,16). The zero-order valence-electron chi connectivity index (χ0n) is 10.2. The quantitative estimate of drug-likeness (QED) is 0.842. The summed E-state index contributed by atoms with van der Waals surface area (Å²) < 4.78 is 5.66. The van der Waals surface area contributed by atoms with Crippen LogP contribution in [0, 0.1) is 0 Å². The highest BCUT2D eigenvalue weighted by Gasteiger charge is 2.21. The Labute approximate surface area is 102 Å². The first-order chi connectivity index (χ1) is 8.42. The number of ether oxygens (including phenoxy) is 1. The largest absolute Gasteiger partial charge is 0.372 e. The van der Waals surface area contributed by atoms with Gasteiger partial charge in [0.25, 0.3) is 0 Å². The fraction of sp³-hybridized carbons (Fsp3) is 0.769. The first kappa shape index (κ1) is 11.2. The summed E-state index contributed by atoms with van der Waals surface area (Å²) in [5.74, 6) is 1.11. The summed E-state index contributed by atoms with van der Waals surface area (Å²) in [7, 11) is 0. The van der Waals surface area contributed by atoms with Crippen LogP contribution >= 0.6 is 0 Å². The topological polar surface area (TPSA) is 49.9 Å². The van der Waals surface area contributed by atoms with Crippen LogP contribution in [-0.4, -0.2) is 29.2 Å². The van der Waals surface area contributed by atoms with Gasteiger partial charge in [0, 0.05) is 19.1 Å². The highest BCUT2D eigenvalue weighted by molar-refractivity contribution is 5.07. The summed E-state index contributed by atoms with van der Waals surface area (Å²) in [6.45, 7) is 2.05. The van der Waals surface area contributed by atoms with E-state index in [-0.39, 0.29) is 6.10 Å². The molecule has 0 radical (unpaired) electrons. The molecule has 2 fully saturated rings. The van der Waals surface area contributed by atoms with E-state index in [2.05, 4.69) is 15.3 Å². The molecule has 2 saturated heterocycles. The maximum atomic E-state index is 5.66. The zero-order chi connectivity index (χ0) is 11.5. The van der Waals surface area contributed by atoms with E-state index < -0.39 is 0 Å². The number of nitrogens with one attached hydrogen (secondary N) is 2. The minimum Gasteiger partial charge on any atom is -0.372 e. The van der Waals surface area contributed by atoms with Crippen LogP contribution in [0.2, 0.25) is 0 Å². The van der Waals surface area contributed by atoms with E-state index in [1.807, 2.05) is 6.20 Å². The number of hydrogen-bond donors (Lipinski definition) is 2. The number of piperidine rings is 1. The highest BCUT2D eigenvalue weighted by atomic mass is 16.5. The second-order valence-corrected chi connectivity index (χ2v) is 5.14. The van der Waals surface area contributed by atoms with E-state index in [0.717, 1.165) is 37.5 Å². The van der Waals surface area contributed by atoms with Crippen molar-refractivity contribution in [3.05, 3.63) is 17.7 Å². The van der Waals surface area contributed by atoms with Crippen molar-refractivity contribution < 1.29 is 4.74 Å². The van der Waals surface area contributed by atoms with Crippen LogP contribution in [0.25, 0.3) is 0 Å². The maximum absolute atomic E-state index is 5.66. The van der Waals surface area contributed by atoms with E-state index >= 15 is 0 Å². The molecule has 2 unspecified atom stereocenters. The van der Waals surface area contributed by atoms with Gasteiger partial charge in [0.2, 0.25) is 0 Å². The first-order valence-electron chi connectivity index (χ1n) is 6.80. The molecule has 1 aromatic rings. The lowest BCUT2D eigenvalue weighted by Crippen LogP contribution is -2.35. The third kappa shape index (κ3) is 2.69. The van der Waals surface area contributed by atoms with Crippen LogP contribution < -0.4 is 5.32 Å². The molecule has 0 amide bonds. The lowest BCUT2D eigenvalue weighted by molar-refractivity contribution is 0.109. The molecule has 2 aliphatic heterocycles. The minimum atomic E-state index is 0.260. The van der Waals surface area contributed by atoms with Crippen LogP contribution in [0.3, 0.4) is 0 Å². The Morgan fingerprint density at radius 2 is 2.29 bits per heavy atom. The predicted octanol–water partition coefficient (Wildman–Crippen LogP) is 1.95. The molecule has 0 saturated carbocycles. The number of H-pyrrole nitrogens is 1. The van der Waals surface area contributed by atoms with Crippen molar-refractivity contribution in [2.75, 3.05) is 13.2 Å². The molecule has 2 aliphatic rings. The molecule has 0 aromatic carbocycles. The third-order valence-corrected chi connectivity index (χ3v) is 3.78. The summed E-state index contributed by atoms with van der Waals surface area (Å²) in [6.07, 6.45) is 9.46. The van der Waals surface area contributed by atoms with Crippen molar-refractivity contribution >= 4 is 0 Å². The Hall–Kier alpha value is -0.870. The van der Waals surface area contributed by atoms with Crippen LogP contribution in [0.5, 0.6) is 0 Å². The number of hydrogen-bond acceptors (Lipinski definition) is 3. The lowest BCUT2D eigenvalue weighted by atomic mass is 10.0. The van der Waals surface area contributed by atoms with Crippen molar-refractivity contribution in [1.29, 1.82) is 0 Å². The molecular formula is C13H21N3O. The number of imidazole rings is 1. The van der Waals surface area contributed by atoms with Gasteiger partial charge < -0.3 is 15.0 Å². The van der Waals surface area contributed by atoms with Crippen molar-refractivity contribution in [1.82, 2.24) is 15.3 Å². The van der Waals surface area contributed by atoms with Crippen molar-refractivity contribution in [2.45, 2.75) is 50.7 Å². The van der Waals surface area contributed by atoms with E-state index in [9.17, 15) is 0 Å². The van der Waals surface area contributed by atoms with Crippen LogP contribution in [0.4, 0.5) is 0 Å². The summed E-state index contributed by atoms with van der Waals surface area (Å²) in [5.41, 5.74) is 1.16. The Balaban J connectivity index is 1.59. The molecule has 2 N–H and O–H groups in total. The number of aromatic nitrogens is 2. The van der Waals surface area contributed by atoms with E-state index in [4.69, 9.17) is 4.74 Å². The number of nitrogens with zero attached hydrogens (tertiary/aromatic N) is 1. The minimum absolute atomic E-state index is 0.260. The second kappa shape index (κ2) is 5.19. The van der Waals surface area contributed by atoms with Gasteiger partial charge in [-0.15, -0.1) is 0 Å². The fourth-order valence-electron chi connectivity index (χ4n) is 2.80. The third-order valence-electron chi connectivity index (χ3n) is 3.78. The smallest absolute Gasteiger partial charge is 0.107 e. The van der Waals surface area contributed by atoms with Gasteiger partial charge >= 0.3 is 0 Å². The van der Waals surface area contributed by atoms with Crippen molar-refractivity contribution in [3.63, 3.8) is 0 Å². The van der Waals surface area contributed by atoms with Crippen molar-refractivity contribution in [3.8, 4) is 0 Å². The van der Waals surface area contributed by atoms with Gasteiger partial charge in [-0.1, -0.05) is 6.42 Å². The highest BCUT2D eigenvalue weighted by Crippen LogP contribution is 2.27. The molecule has 2 atom stereocenters. The van der Waals surface area contributed by atoms with Gasteiger partial charge in [0.1, 0.15) is 5.82 Å². The van der Waals surface area contributed by atoms with Gasteiger partial charge in [-0.05, 0) is 32.2 Å². The van der Waals surface area contributed by atoms with Crippen molar-refractivity contribution in [2.24, 2.45) is 0 Å². The summed E-state index contributed by atoms with van der Waals surface area (Å²) >= 11 is 0. The Bertz CT molecular complexity index is 351. The fourth-order valence-corrected chi connectivity index (χ4v) is 2.80. The van der Waals surface area contributed by atoms with Gasteiger partial charge in [-0.3, -0.25) is 0 Å². The Morgan fingerprint density at radius 1 is 1.29 bits per heavy atom. The molecule has 0 aliphatic carbocycles. The zero-order valence-corrected chi connectivity index (χ0v) is 10.2. The first-order valence-corrected chi connectivity index (χ1v) is 6.80. The molecule has 94 valence electrons.